The van der Waals surface area contributed by atoms with Crippen LogP contribution in [0.3, 0.4) is 0 Å². The molecule has 0 unspecified atom stereocenters. The van der Waals surface area contributed by atoms with Crippen molar-refractivity contribution in [2.24, 2.45) is 5.92 Å². The summed E-state index contributed by atoms with van der Waals surface area (Å²) >= 11 is 0. The van der Waals surface area contributed by atoms with E-state index >= 15 is 0 Å². The Labute approximate surface area is 186 Å². The standard InChI is InChI=1S/C24H27N3O5/c1-14-6-4-5-9-24(14)22(29)26(23(30)25-24)12-19(28)18-10-15(2)27(16(18)3)17-7-8-20-21(11-17)32-13-31-20/h7-8,10-11,14H,4-6,9,12-13H2,1-3H3,(H,25,30)/t14-,24+/m0/s1. The van der Waals surface area contributed by atoms with Gasteiger partial charge in [0.15, 0.2) is 17.3 Å². The second kappa shape index (κ2) is 7.39. The molecule has 3 heterocycles. The highest BCUT2D eigenvalue weighted by Crippen LogP contribution is 2.38. The smallest absolute Gasteiger partial charge is 0.325 e. The number of hydrogen-bond donors (Lipinski definition) is 1. The molecule has 1 aromatic heterocycles. The Hall–Kier alpha value is -3.29. The van der Waals surface area contributed by atoms with Gasteiger partial charge in [0.2, 0.25) is 6.79 Å². The highest BCUT2D eigenvalue weighted by Gasteiger charge is 2.55. The molecule has 3 amide bonds. The summed E-state index contributed by atoms with van der Waals surface area (Å²) in [5, 5.41) is 2.91. The van der Waals surface area contributed by atoms with E-state index in [0.29, 0.717) is 23.5 Å². The lowest BCUT2D eigenvalue weighted by Crippen LogP contribution is -2.54. The first-order valence-corrected chi connectivity index (χ1v) is 11.1. The van der Waals surface area contributed by atoms with Crippen molar-refractivity contribution in [3.8, 4) is 17.2 Å². The van der Waals surface area contributed by atoms with Crippen LogP contribution in [0.5, 0.6) is 11.5 Å². The van der Waals surface area contributed by atoms with Gasteiger partial charge in [-0.15, -0.1) is 0 Å². The van der Waals surface area contributed by atoms with Crippen LogP contribution in [0.25, 0.3) is 5.69 Å². The van der Waals surface area contributed by atoms with E-state index in [1.165, 1.54) is 0 Å². The van der Waals surface area contributed by atoms with Crippen LogP contribution < -0.4 is 14.8 Å². The molecule has 1 saturated heterocycles. The maximum Gasteiger partial charge on any atom is 0.325 e. The number of aryl methyl sites for hydroxylation is 1. The molecule has 1 spiro atoms. The molecule has 0 radical (unpaired) electrons. The molecule has 1 aliphatic carbocycles. The minimum atomic E-state index is -0.862. The third-order valence-corrected chi connectivity index (χ3v) is 7.15. The van der Waals surface area contributed by atoms with E-state index in [0.717, 1.165) is 41.2 Å². The Morgan fingerprint density at radius 1 is 1.16 bits per heavy atom. The number of Topliss-reactive ketones (excluding diaryl/α,β-unsaturated/α-hetero) is 1. The Kier molecular flexibility index (Phi) is 4.76. The predicted octanol–water partition coefficient (Wildman–Crippen LogP) is 3.51. The monoisotopic (exact) mass is 437 g/mol. The van der Waals surface area contributed by atoms with Crippen molar-refractivity contribution >= 4 is 17.7 Å². The van der Waals surface area contributed by atoms with Crippen molar-refractivity contribution in [1.82, 2.24) is 14.8 Å². The maximum atomic E-state index is 13.2. The number of nitrogens with zero attached hydrogens (tertiary/aromatic N) is 2. The van der Waals surface area contributed by atoms with Crippen LogP contribution in [0.15, 0.2) is 24.3 Å². The molecule has 0 bridgehead atoms. The number of rotatable bonds is 4. The number of ether oxygens (including phenoxy) is 2. The Balaban J connectivity index is 1.40. The number of carbonyl (C=O) groups is 3. The van der Waals surface area contributed by atoms with Crippen molar-refractivity contribution in [1.29, 1.82) is 0 Å². The summed E-state index contributed by atoms with van der Waals surface area (Å²) in [7, 11) is 0. The summed E-state index contributed by atoms with van der Waals surface area (Å²) in [6.07, 6.45) is 3.47. The van der Waals surface area contributed by atoms with Gasteiger partial charge in [-0.1, -0.05) is 19.8 Å². The molecule has 1 N–H and O–H groups in total. The number of carbonyl (C=O) groups excluding carboxylic acids is 3. The number of imide groups is 1. The average molecular weight is 437 g/mol. The molecular formula is C24H27N3O5. The average Bonchev–Trinajstić information content (AvgIpc) is 3.41. The number of amides is 3. The second-order valence-electron chi connectivity index (χ2n) is 9.02. The summed E-state index contributed by atoms with van der Waals surface area (Å²) in [5.41, 5.74) is 2.11. The van der Waals surface area contributed by atoms with Gasteiger partial charge < -0.3 is 19.4 Å². The SMILES string of the molecule is Cc1cc(C(=O)CN2C(=O)N[C@@]3(CCCC[C@@H]3C)C2=O)c(C)n1-c1ccc2c(c1)OCO2. The van der Waals surface area contributed by atoms with Crippen molar-refractivity contribution in [2.75, 3.05) is 13.3 Å². The van der Waals surface area contributed by atoms with Crippen molar-refractivity contribution in [3.63, 3.8) is 0 Å². The van der Waals surface area contributed by atoms with Gasteiger partial charge in [-0.25, -0.2) is 4.79 Å². The van der Waals surface area contributed by atoms with E-state index in [-0.39, 0.29) is 30.9 Å². The van der Waals surface area contributed by atoms with E-state index < -0.39 is 11.6 Å². The van der Waals surface area contributed by atoms with Crippen LogP contribution in [0, 0.1) is 19.8 Å². The zero-order chi connectivity index (χ0) is 22.6. The van der Waals surface area contributed by atoms with E-state index in [9.17, 15) is 14.4 Å². The summed E-state index contributed by atoms with van der Waals surface area (Å²) in [6, 6.07) is 6.97. The third-order valence-electron chi connectivity index (χ3n) is 7.15. The fourth-order valence-electron chi connectivity index (χ4n) is 5.33. The first-order chi connectivity index (χ1) is 15.3. The van der Waals surface area contributed by atoms with Gasteiger partial charge in [0.1, 0.15) is 5.54 Å². The topological polar surface area (TPSA) is 89.9 Å². The van der Waals surface area contributed by atoms with Crippen molar-refractivity contribution in [2.45, 2.75) is 52.0 Å². The molecule has 3 aliphatic rings. The van der Waals surface area contributed by atoms with Crippen LogP contribution in [0.1, 0.15) is 54.4 Å². The summed E-state index contributed by atoms with van der Waals surface area (Å²) in [5.74, 6) is 0.886. The predicted molar refractivity (Wildman–Crippen MR) is 116 cm³/mol. The number of aromatic nitrogens is 1. The van der Waals surface area contributed by atoms with Crippen LogP contribution in [0.2, 0.25) is 0 Å². The zero-order valence-electron chi connectivity index (χ0n) is 18.6. The van der Waals surface area contributed by atoms with E-state index in [2.05, 4.69) is 5.32 Å². The second-order valence-corrected chi connectivity index (χ2v) is 9.02. The van der Waals surface area contributed by atoms with Crippen LogP contribution in [0.4, 0.5) is 4.79 Å². The molecule has 2 aromatic rings. The fourth-order valence-corrected chi connectivity index (χ4v) is 5.33. The van der Waals surface area contributed by atoms with Gasteiger partial charge in [0.25, 0.3) is 5.91 Å². The molecule has 32 heavy (non-hydrogen) atoms. The first-order valence-electron chi connectivity index (χ1n) is 11.1. The summed E-state index contributed by atoms with van der Waals surface area (Å²) < 4.78 is 12.8. The van der Waals surface area contributed by atoms with Gasteiger partial charge in [0, 0.05) is 28.7 Å². The first kappa shape index (κ1) is 20.6. The molecule has 2 fully saturated rings. The highest BCUT2D eigenvalue weighted by atomic mass is 16.7. The number of fused-ring (bicyclic) bond motifs is 1. The van der Waals surface area contributed by atoms with Crippen molar-refractivity contribution < 1.29 is 23.9 Å². The fraction of sp³-hybridized carbons (Fsp3) is 0.458. The van der Waals surface area contributed by atoms with Crippen LogP contribution in [-0.2, 0) is 4.79 Å². The van der Waals surface area contributed by atoms with Gasteiger partial charge in [-0.3, -0.25) is 14.5 Å². The quantitative estimate of drug-likeness (QED) is 0.584. The van der Waals surface area contributed by atoms with E-state index in [4.69, 9.17) is 9.47 Å². The van der Waals surface area contributed by atoms with E-state index in [1.54, 1.807) is 6.07 Å². The Morgan fingerprint density at radius 3 is 2.72 bits per heavy atom. The molecule has 8 nitrogen and oxygen atoms in total. The molecule has 2 aliphatic heterocycles. The lowest BCUT2D eigenvalue weighted by atomic mass is 9.73. The number of ketones is 1. The van der Waals surface area contributed by atoms with Crippen LogP contribution >= 0.6 is 0 Å². The molecule has 1 saturated carbocycles. The van der Waals surface area contributed by atoms with Crippen molar-refractivity contribution in [3.05, 3.63) is 41.2 Å². The minimum Gasteiger partial charge on any atom is -0.454 e. The highest BCUT2D eigenvalue weighted by molar-refractivity contribution is 6.11. The van der Waals surface area contributed by atoms with Gasteiger partial charge >= 0.3 is 6.03 Å². The van der Waals surface area contributed by atoms with Gasteiger partial charge in [-0.05, 0) is 50.8 Å². The molecule has 5 rings (SSSR count). The summed E-state index contributed by atoms with van der Waals surface area (Å²) in [6.45, 7) is 5.71. The molecule has 1 aromatic carbocycles. The maximum absolute atomic E-state index is 13.2. The Bertz CT molecular complexity index is 1140. The third kappa shape index (κ3) is 3.00. The zero-order valence-corrected chi connectivity index (χ0v) is 18.6. The number of urea groups is 1. The molecule has 168 valence electrons. The van der Waals surface area contributed by atoms with Gasteiger partial charge in [-0.2, -0.15) is 0 Å². The van der Waals surface area contributed by atoms with Gasteiger partial charge in [0.05, 0.1) is 6.54 Å². The molecule has 8 heteroatoms. The number of nitrogens with one attached hydrogen (secondary N) is 1. The lowest BCUT2D eigenvalue weighted by molar-refractivity contribution is -0.133. The molecule has 2 atom stereocenters. The lowest BCUT2D eigenvalue weighted by Gasteiger charge is -2.36. The largest absolute Gasteiger partial charge is 0.454 e. The normalized spacial score (nSPS) is 24.3. The molecular weight excluding hydrogens is 410 g/mol. The summed E-state index contributed by atoms with van der Waals surface area (Å²) in [4.78, 5) is 40.2. The van der Waals surface area contributed by atoms with Crippen LogP contribution in [-0.4, -0.2) is 46.1 Å². The number of benzene rings is 1. The minimum absolute atomic E-state index is 0.0591. The van der Waals surface area contributed by atoms with E-state index in [1.807, 2.05) is 43.5 Å². The number of hydrogen-bond acceptors (Lipinski definition) is 5. The Morgan fingerprint density at radius 2 is 1.94 bits per heavy atom.